The Morgan fingerprint density at radius 3 is 2.70 bits per heavy atom. The van der Waals surface area contributed by atoms with Crippen molar-refractivity contribution < 1.29 is 4.74 Å². The molecule has 5 heteroatoms. The monoisotopic (exact) mass is 318 g/mol. The van der Waals surface area contributed by atoms with Gasteiger partial charge in [0, 0.05) is 19.7 Å². The van der Waals surface area contributed by atoms with Crippen molar-refractivity contribution in [3.63, 3.8) is 0 Å². The number of rotatable bonds is 7. The maximum atomic E-state index is 5.15. The number of ether oxygens (including phenoxy) is 1. The molecule has 128 valence electrons. The quantitative estimate of drug-likeness (QED) is 0.599. The summed E-state index contributed by atoms with van der Waals surface area (Å²) in [6.45, 7) is 6.24. The van der Waals surface area contributed by atoms with E-state index in [9.17, 15) is 0 Å². The van der Waals surface area contributed by atoms with Crippen molar-refractivity contribution in [2.45, 2.75) is 46.1 Å². The van der Waals surface area contributed by atoms with Crippen molar-refractivity contribution in [3.8, 4) is 5.88 Å². The molecule has 1 aromatic heterocycles. The predicted molar refractivity (Wildman–Crippen MR) is 94.7 cm³/mol. The van der Waals surface area contributed by atoms with Crippen LogP contribution < -0.4 is 15.4 Å². The Hall–Kier alpha value is -1.78. The van der Waals surface area contributed by atoms with Crippen molar-refractivity contribution in [1.29, 1.82) is 0 Å². The molecule has 1 aromatic rings. The number of hydrogen-bond acceptors (Lipinski definition) is 3. The maximum absolute atomic E-state index is 5.15. The molecule has 0 aliphatic heterocycles. The highest BCUT2D eigenvalue weighted by atomic mass is 16.5. The number of aliphatic imine (C=N–C) groups is 1. The van der Waals surface area contributed by atoms with Crippen LogP contribution in [0.2, 0.25) is 0 Å². The summed E-state index contributed by atoms with van der Waals surface area (Å²) in [6.07, 6.45) is 5.29. The number of hydrogen-bond donors (Lipinski definition) is 2. The van der Waals surface area contributed by atoms with Crippen LogP contribution in [0.5, 0.6) is 5.88 Å². The standard InChI is InChI=1S/C18H30N4O/c1-14(2)11-18(9-6-10-18)13-21-17(19-3)20-12-15-7-5-8-16(22-15)23-4/h5,7-8,14H,6,9-13H2,1-4H3,(H2,19,20,21). The molecule has 0 unspecified atom stereocenters. The van der Waals surface area contributed by atoms with Gasteiger partial charge >= 0.3 is 0 Å². The van der Waals surface area contributed by atoms with Gasteiger partial charge in [-0.3, -0.25) is 4.99 Å². The fourth-order valence-corrected chi connectivity index (χ4v) is 3.33. The average molecular weight is 318 g/mol. The number of methoxy groups -OCH3 is 1. The molecule has 0 aromatic carbocycles. The first-order chi connectivity index (χ1) is 11.1. The summed E-state index contributed by atoms with van der Waals surface area (Å²) in [5.74, 6) is 2.22. The fraction of sp³-hybridized carbons (Fsp3) is 0.667. The number of nitrogens with one attached hydrogen (secondary N) is 2. The Kier molecular flexibility index (Phi) is 6.25. The van der Waals surface area contributed by atoms with Crippen molar-refractivity contribution in [3.05, 3.63) is 23.9 Å². The molecule has 0 spiro atoms. The van der Waals surface area contributed by atoms with Crippen molar-refractivity contribution in [2.75, 3.05) is 20.7 Å². The smallest absolute Gasteiger partial charge is 0.213 e. The molecule has 1 aliphatic rings. The first-order valence-corrected chi connectivity index (χ1v) is 8.51. The second kappa shape index (κ2) is 8.18. The minimum Gasteiger partial charge on any atom is -0.481 e. The third kappa shape index (κ3) is 5.12. The topological polar surface area (TPSA) is 58.5 Å². The van der Waals surface area contributed by atoms with Gasteiger partial charge in [0.2, 0.25) is 5.88 Å². The summed E-state index contributed by atoms with van der Waals surface area (Å²) < 4.78 is 5.15. The van der Waals surface area contributed by atoms with Crippen LogP contribution in [0.4, 0.5) is 0 Å². The van der Waals surface area contributed by atoms with Gasteiger partial charge in [0.1, 0.15) is 0 Å². The van der Waals surface area contributed by atoms with Crippen molar-refractivity contribution in [2.24, 2.45) is 16.3 Å². The molecule has 0 atom stereocenters. The van der Waals surface area contributed by atoms with Gasteiger partial charge < -0.3 is 15.4 Å². The molecule has 1 aliphatic carbocycles. The Labute approximate surface area is 139 Å². The van der Waals surface area contributed by atoms with E-state index in [0.29, 0.717) is 17.8 Å². The molecule has 0 amide bonds. The van der Waals surface area contributed by atoms with E-state index in [1.807, 2.05) is 25.2 Å². The second-order valence-corrected chi connectivity index (χ2v) is 6.90. The van der Waals surface area contributed by atoms with Crippen LogP contribution in [0.3, 0.4) is 0 Å². The third-order valence-electron chi connectivity index (χ3n) is 4.54. The summed E-state index contributed by atoms with van der Waals surface area (Å²) in [5.41, 5.74) is 1.40. The molecule has 5 nitrogen and oxygen atoms in total. The second-order valence-electron chi connectivity index (χ2n) is 6.90. The van der Waals surface area contributed by atoms with E-state index in [2.05, 4.69) is 34.5 Å². The SMILES string of the molecule is CN=C(NCc1cccc(OC)n1)NCC1(CC(C)C)CCC1. The van der Waals surface area contributed by atoms with Crippen molar-refractivity contribution in [1.82, 2.24) is 15.6 Å². The van der Waals surface area contributed by atoms with Gasteiger partial charge in [0.25, 0.3) is 0 Å². The van der Waals surface area contributed by atoms with Crippen LogP contribution in [0.1, 0.15) is 45.2 Å². The van der Waals surface area contributed by atoms with Gasteiger partial charge in [-0.2, -0.15) is 0 Å². The predicted octanol–water partition coefficient (Wildman–Crippen LogP) is 2.97. The van der Waals surface area contributed by atoms with Crippen LogP contribution in [-0.4, -0.2) is 31.6 Å². The Balaban J connectivity index is 1.83. The fourth-order valence-electron chi connectivity index (χ4n) is 3.33. The van der Waals surface area contributed by atoms with E-state index in [0.717, 1.165) is 24.1 Å². The summed E-state index contributed by atoms with van der Waals surface area (Å²) in [5, 5.41) is 6.83. The highest BCUT2D eigenvalue weighted by Gasteiger charge is 2.37. The normalized spacial score (nSPS) is 16.8. The lowest BCUT2D eigenvalue weighted by Crippen LogP contribution is -2.46. The number of pyridine rings is 1. The van der Waals surface area contributed by atoms with Crippen molar-refractivity contribution >= 4 is 5.96 Å². The molecule has 23 heavy (non-hydrogen) atoms. The first-order valence-electron chi connectivity index (χ1n) is 8.51. The van der Waals surface area contributed by atoms with Gasteiger partial charge in [-0.05, 0) is 36.7 Å². The molecule has 1 heterocycles. The maximum Gasteiger partial charge on any atom is 0.213 e. The van der Waals surface area contributed by atoms with Crippen LogP contribution in [-0.2, 0) is 6.54 Å². The Bertz CT molecular complexity index is 524. The molecular weight excluding hydrogens is 288 g/mol. The molecule has 0 saturated heterocycles. The lowest BCUT2D eigenvalue weighted by Gasteiger charge is -2.43. The van der Waals surface area contributed by atoms with Gasteiger partial charge in [-0.1, -0.05) is 26.3 Å². The summed E-state index contributed by atoms with van der Waals surface area (Å²) in [6, 6.07) is 5.78. The minimum absolute atomic E-state index is 0.458. The molecule has 1 saturated carbocycles. The molecule has 0 bridgehead atoms. The summed E-state index contributed by atoms with van der Waals surface area (Å²) >= 11 is 0. The highest BCUT2D eigenvalue weighted by molar-refractivity contribution is 5.79. The van der Waals surface area contributed by atoms with E-state index in [4.69, 9.17) is 4.74 Å². The number of guanidine groups is 1. The van der Waals surface area contributed by atoms with E-state index in [-0.39, 0.29) is 0 Å². The van der Waals surface area contributed by atoms with Gasteiger partial charge in [0.05, 0.1) is 19.3 Å². The number of aromatic nitrogens is 1. The van der Waals surface area contributed by atoms with E-state index < -0.39 is 0 Å². The lowest BCUT2D eigenvalue weighted by molar-refractivity contribution is 0.104. The summed E-state index contributed by atoms with van der Waals surface area (Å²) in [7, 11) is 3.44. The largest absolute Gasteiger partial charge is 0.481 e. The minimum atomic E-state index is 0.458. The molecule has 2 N–H and O–H groups in total. The van der Waals surface area contributed by atoms with Gasteiger partial charge in [-0.25, -0.2) is 4.98 Å². The van der Waals surface area contributed by atoms with E-state index in [1.165, 1.54) is 25.7 Å². The van der Waals surface area contributed by atoms with E-state index >= 15 is 0 Å². The van der Waals surface area contributed by atoms with Gasteiger partial charge in [-0.15, -0.1) is 0 Å². The lowest BCUT2D eigenvalue weighted by atomic mass is 9.64. The number of nitrogens with zero attached hydrogens (tertiary/aromatic N) is 2. The zero-order chi connectivity index (χ0) is 16.7. The zero-order valence-electron chi connectivity index (χ0n) is 14.9. The first kappa shape index (κ1) is 17.6. The Morgan fingerprint density at radius 1 is 1.35 bits per heavy atom. The molecular formula is C18H30N4O. The van der Waals surface area contributed by atoms with Crippen LogP contribution in [0.25, 0.3) is 0 Å². The average Bonchev–Trinajstić information content (AvgIpc) is 2.52. The highest BCUT2D eigenvalue weighted by Crippen LogP contribution is 2.45. The van der Waals surface area contributed by atoms with E-state index in [1.54, 1.807) is 7.11 Å². The zero-order valence-corrected chi connectivity index (χ0v) is 14.9. The van der Waals surface area contributed by atoms with Crippen LogP contribution >= 0.6 is 0 Å². The van der Waals surface area contributed by atoms with Gasteiger partial charge in [0.15, 0.2) is 5.96 Å². The summed E-state index contributed by atoms with van der Waals surface area (Å²) in [4.78, 5) is 8.73. The molecule has 2 rings (SSSR count). The van der Waals surface area contributed by atoms with Crippen LogP contribution in [0, 0.1) is 11.3 Å². The molecule has 0 radical (unpaired) electrons. The third-order valence-corrected chi connectivity index (χ3v) is 4.54. The van der Waals surface area contributed by atoms with Crippen LogP contribution in [0.15, 0.2) is 23.2 Å². The molecule has 1 fully saturated rings. The Morgan fingerprint density at radius 2 is 2.13 bits per heavy atom.